The molecule has 3 atom stereocenters. The number of nitrogens with one attached hydrogen (secondary N) is 1. The number of halogens is 1. The number of nitrogens with zero attached hydrogens (tertiary/aromatic N) is 8. The molecule has 12 heteroatoms. The molecule has 0 saturated carbocycles. The van der Waals surface area contributed by atoms with E-state index in [0.29, 0.717) is 5.02 Å². The van der Waals surface area contributed by atoms with Crippen molar-refractivity contribution in [1.82, 2.24) is 44.5 Å². The number of rotatable bonds is 5. The van der Waals surface area contributed by atoms with E-state index in [1.807, 2.05) is 45.3 Å². The maximum Gasteiger partial charge on any atom is 0.165 e. The summed E-state index contributed by atoms with van der Waals surface area (Å²) in [5, 5.41) is 18.6. The molecule has 0 aliphatic carbocycles. The van der Waals surface area contributed by atoms with Crippen LogP contribution in [0.3, 0.4) is 0 Å². The van der Waals surface area contributed by atoms with Crippen molar-refractivity contribution in [3.05, 3.63) is 65.1 Å². The Bertz CT molecular complexity index is 1800. The molecule has 0 amide bonds. The third kappa shape index (κ3) is 4.10. The summed E-state index contributed by atoms with van der Waals surface area (Å²) in [6, 6.07) is 6.02. The van der Waals surface area contributed by atoms with Crippen LogP contribution in [-0.4, -0.2) is 64.9 Å². The van der Waals surface area contributed by atoms with Crippen molar-refractivity contribution in [3.8, 4) is 28.2 Å². The lowest BCUT2D eigenvalue weighted by atomic mass is 9.94. The molecule has 3 aliphatic heterocycles. The standard InChI is InChI=1S/C30H32ClN9O2/c1-18-28(19(2)38(37-18)21-11-20(31)13-32-14-21)25-12-26(30-8-6-22(42-30)15-33-17-30)36-29-23(16-35-40(25)29)24-7-9-34-39(24)27-5-3-4-10-41-27/h7,9,11-14,16,22,27,33H,3-6,8,10,15,17H2,1-2H3. The van der Waals surface area contributed by atoms with Crippen LogP contribution in [0.25, 0.3) is 33.8 Å². The first-order valence-electron chi connectivity index (χ1n) is 14.6. The van der Waals surface area contributed by atoms with Gasteiger partial charge in [0.1, 0.15) is 5.60 Å². The molecule has 1 N–H and O–H groups in total. The average Bonchev–Trinajstić information content (AvgIpc) is 3.78. The van der Waals surface area contributed by atoms with E-state index in [2.05, 4.69) is 28.4 Å². The van der Waals surface area contributed by atoms with E-state index in [4.69, 9.17) is 36.3 Å². The number of aryl methyl sites for hydroxylation is 1. The first-order valence-corrected chi connectivity index (χ1v) is 15.0. The molecular weight excluding hydrogens is 554 g/mol. The predicted octanol–water partition coefficient (Wildman–Crippen LogP) is 4.79. The van der Waals surface area contributed by atoms with Crippen molar-refractivity contribution in [2.45, 2.75) is 63.9 Å². The second-order valence-electron chi connectivity index (χ2n) is 11.5. The van der Waals surface area contributed by atoms with E-state index in [1.54, 1.807) is 12.4 Å². The number of ether oxygens (including phenoxy) is 2. The number of hydrogen-bond donors (Lipinski definition) is 1. The Labute approximate surface area is 247 Å². The molecule has 42 heavy (non-hydrogen) atoms. The first-order chi connectivity index (χ1) is 20.5. The summed E-state index contributed by atoms with van der Waals surface area (Å²) in [6.07, 6.45) is 12.2. The molecule has 3 saturated heterocycles. The minimum Gasteiger partial charge on any atom is -0.363 e. The second-order valence-corrected chi connectivity index (χ2v) is 12.0. The van der Waals surface area contributed by atoms with Crippen LogP contribution in [0.1, 0.15) is 55.4 Å². The van der Waals surface area contributed by atoms with Gasteiger partial charge in [-0.05, 0) is 64.2 Å². The maximum absolute atomic E-state index is 6.65. The number of hydrogen-bond acceptors (Lipinski definition) is 8. The van der Waals surface area contributed by atoms with Gasteiger partial charge in [-0.25, -0.2) is 18.9 Å². The molecular formula is C30H32ClN9O2. The van der Waals surface area contributed by atoms with Gasteiger partial charge < -0.3 is 14.8 Å². The molecule has 0 aromatic carbocycles. The van der Waals surface area contributed by atoms with E-state index in [9.17, 15) is 0 Å². The molecule has 216 valence electrons. The number of pyridine rings is 1. The third-order valence-electron chi connectivity index (χ3n) is 8.84. The smallest absolute Gasteiger partial charge is 0.165 e. The van der Waals surface area contributed by atoms with Gasteiger partial charge in [0.2, 0.25) is 0 Å². The van der Waals surface area contributed by atoms with Crippen molar-refractivity contribution in [3.63, 3.8) is 0 Å². The molecule has 3 unspecified atom stereocenters. The molecule has 3 aliphatic rings. The Morgan fingerprint density at radius 3 is 2.86 bits per heavy atom. The van der Waals surface area contributed by atoms with Gasteiger partial charge in [-0.1, -0.05) is 11.6 Å². The lowest BCUT2D eigenvalue weighted by molar-refractivity contribution is -0.0711. The SMILES string of the molecule is Cc1nn(-c2cncc(Cl)c2)c(C)c1-c1cc(C23CCC(CNC2)O3)nc2c(-c3ccnn3C3CCCCO3)cnn12. The highest BCUT2D eigenvalue weighted by atomic mass is 35.5. The lowest BCUT2D eigenvalue weighted by Crippen LogP contribution is -2.46. The van der Waals surface area contributed by atoms with Crippen LogP contribution in [0.2, 0.25) is 5.02 Å². The Morgan fingerprint density at radius 1 is 1.07 bits per heavy atom. The van der Waals surface area contributed by atoms with Gasteiger partial charge in [-0.15, -0.1) is 0 Å². The normalized spacial score (nSPS) is 24.1. The molecule has 0 spiro atoms. The summed E-state index contributed by atoms with van der Waals surface area (Å²) in [6.45, 7) is 6.41. The summed E-state index contributed by atoms with van der Waals surface area (Å²) in [7, 11) is 0. The second kappa shape index (κ2) is 9.98. The molecule has 2 bridgehead atoms. The highest BCUT2D eigenvalue weighted by Crippen LogP contribution is 2.43. The van der Waals surface area contributed by atoms with E-state index in [0.717, 1.165) is 103 Å². The van der Waals surface area contributed by atoms with Crippen LogP contribution >= 0.6 is 11.6 Å². The van der Waals surface area contributed by atoms with E-state index < -0.39 is 5.60 Å². The molecule has 8 heterocycles. The zero-order chi connectivity index (χ0) is 28.4. The van der Waals surface area contributed by atoms with Crippen LogP contribution < -0.4 is 5.32 Å². The van der Waals surface area contributed by atoms with Gasteiger partial charge in [0.15, 0.2) is 11.9 Å². The van der Waals surface area contributed by atoms with Crippen LogP contribution in [0.15, 0.2) is 43.0 Å². The van der Waals surface area contributed by atoms with Crippen LogP contribution in [0.4, 0.5) is 0 Å². The third-order valence-corrected chi connectivity index (χ3v) is 9.05. The molecule has 0 radical (unpaired) electrons. The van der Waals surface area contributed by atoms with Gasteiger partial charge >= 0.3 is 0 Å². The van der Waals surface area contributed by atoms with Crippen LogP contribution in [-0.2, 0) is 15.1 Å². The summed E-state index contributed by atoms with van der Waals surface area (Å²) < 4.78 is 18.5. The average molecular weight is 586 g/mol. The Kier molecular flexibility index (Phi) is 6.18. The summed E-state index contributed by atoms with van der Waals surface area (Å²) in [5.74, 6) is 0. The van der Waals surface area contributed by atoms with Crippen molar-refractivity contribution in [1.29, 1.82) is 0 Å². The fraction of sp³-hybridized carbons (Fsp3) is 0.433. The molecule has 5 aromatic heterocycles. The molecule has 5 aromatic rings. The summed E-state index contributed by atoms with van der Waals surface area (Å²) in [5.41, 5.74) is 7.51. The van der Waals surface area contributed by atoms with E-state index in [1.165, 1.54) is 0 Å². The predicted molar refractivity (Wildman–Crippen MR) is 157 cm³/mol. The van der Waals surface area contributed by atoms with Crippen molar-refractivity contribution < 1.29 is 9.47 Å². The number of aromatic nitrogens is 8. The number of fused-ring (bicyclic) bond motifs is 3. The van der Waals surface area contributed by atoms with Gasteiger partial charge in [0.25, 0.3) is 0 Å². The largest absolute Gasteiger partial charge is 0.363 e. The topological polar surface area (TPSA) is 109 Å². The number of morpholine rings is 1. The van der Waals surface area contributed by atoms with E-state index in [-0.39, 0.29) is 12.3 Å². The van der Waals surface area contributed by atoms with E-state index >= 15 is 0 Å². The van der Waals surface area contributed by atoms with Gasteiger partial charge in [0, 0.05) is 37.7 Å². The maximum atomic E-state index is 6.65. The fourth-order valence-electron chi connectivity index (χ4n) is 6.83. The Morgan fingerprint density at radius 2 is 2.00 bits per heavy atom. The van der Waals surface area contributed by atoms with Crippen molar-refractivity contribution >= 4 is 17.2 Å². The van der Waals surface area contributed by atoms with Gasteiger partial charge in [-0.2, -0.15) is 15.3 Å². The monoisotopic (exact) mass is 585 g/mol. The van der Waals surface area contributed by atoms with Crippen LogP contribution in [0.5, 0.6) is 0 Å². The lowest BCUT2D eigenvalue weighted by Gasteiger charge is -2.34. The van der Waals surface area contributed by atoms with Crippen LogP contribution in [0, 0.1) is 13.8 Å². The molecule has 11 nitrogen and oxygen atoms in total. The van der Waals surface area contributed by atoms with Gasteiger partial charge in [0.05, 0.1) is 63.2 Å². The minimum absolute atomic E-state index is 0.101. The minimum atomic E-state index is -0.498. The molecule has 8 rings (SSSR count). The quantitative estimate of drug-likeness (QED) is 0.314. The summed E-state index contributed by atoms with van der Waals surface area (Å²) >= 11 is 6.29. The first kappa shape index (κ1) is 26.0. The van der Waals surface area contributed by atoms with Gasteiger partial charge in [-0.3, -0.25) is 4.98 Å². The zero-order valence-corrected chi connectivity index (χ0v) is 24.4. The Balaban J connectivity index is 1.34. The van der Waals surface area contributed by atoms with Crippen molar-refractivity contribution in [2.75, 3.05) is 19.7 Å². The Hall–Kier alpha value is -3.64. The highest BCUT2D eigenvalue weighted by molar-refractivity contribution is 6.30. The fourth-order valence-corrected chi connectivity index (χ4v) is 7.00. The summed E-state index contributed by atoms with van der Waals surface area (Å²) in [4.78, 5) is 9.57. The highest BCUT2D eigenvalue weighted by Gasteiger charge is 2.46. The molecule has 3 fully saturated rings. The zero-order valence-electron chi connectivity index (χ0n) is 23.6. The van der Waals surface area contributed by atoms with Crippen molar-refractivity contribution in [2.24, 2.45) is 0 Å².